The lowest BCUT2D eigenvalue weighted by Gasteiger charge is -2.27. The van der Waals surface area contributed by atoms with Gasteiger partial charge in [0.15, 0.2) is 0 Å². The second-order valence-corrected chi connectivity index (χ2v) is 7.67. The number of hydrogen-bond acceptors (Lipinski definition) is 3. The molecule has 0 heterocycles. The van der Waals surface area contributed by atoms with Gasteiger partial charge in [-0.05, 0) is 37.8 Å². The Bertz CT molecular complexity index is 555. The van der Waals surface area contributed by atoms with Gasteiger partial charge in [-0.15, -0.1) is 11.8 Å². The van der Waals surface area contributed by atoms with Crippen LogP contribution >= 0.6 is 11.8 Å². The highest BCUT2D eigenvalue weighted by molar-refractivity contribution is 8.00. The summed E-state index contributed by atoms with van der Waals surface area (Å²) in [4.78, 5) is 26.4. The average molecular weight is 335 g/mol. The van der Waals surface area contributed by atoms with Crippen LogP contribution in [0.4, 0.5) is 0 Å². The minimum atomic E-state index is -0.868. The van der Waals surface area contributed by atoms with E-state index in [1.165, 1.54) is 43.9 Å². The normalized spacial score (nSPS) is 16.8. The maximum atomic E-state index is 12.8. The topological polar surface area (TPSA) is 57.6 Å². The Kier molecular flexibility index (Phi) is 6.51. The number of thioether (sulfide) groups is 1. The molecule has 0 aromatic heterocycles. The van der Waals surface area contributed by atoms with Gasteiger partial charge in [0.25, 0.3) is 5.91 Å². The number of hydrogen-bond donors (Lipinski definition) is 1. The maximum Gasteiger partial charge on any atom is 0.316 e. The van der Waals surface area contributed by atoms with Crippen molar-refractivity contribution in [1.29, 1.82) is 0 Å². The third kappa shape index (κ3) is 4.99. The van der Waals surface area contributed by atoms with Crippen molar-refractivity contribution in [1.82, 2.24) is 4.90 Å². The van der Waals surface area contributed by atoms with Crippen molar-refractivity contribution in [3.8, 4) is 0 Å². The first kappa shape index (κ1) is 17.9. The molecule has 1 amide bonds. The average Bonchev–Trinajstić information content (AvgIpc) is 2.55. The van der Waals surface area contributed by atoms with E-state index >= 15 is 0 Å². The van der Waals surface area contributed by atoms with Crippen LogP contribution in [0.25, 0.3) is 0 Å². The number of carboxylic acid groups (broad SMARTS) is 1. The molecule has 1 aliphatic rings. The molecule has 1 unspecified atom stereocenters. The molecule has 4 nitrogen and oxygen atoms in total. The van der Waals surface area contributed by atoms with Crippen molar-refractivity contribution in [3.63, 3.8) is 0 Å². The SMILES string of the molecule is CC(Sc1ccccc1C(=O)N(C)CC1CCCCC1)C(=O)O. The molecule has 2 rings (SSSR count). The first-order chi connectivity index (χ1) is 11.0. The smallest absolute Gasteiger partial charge is 0.316 e. The lowest BCUT2D eigenvalue weighted by atomic mass is 9.89. The largest absolute Gasteiger partial charge is 0.480 e. The van der Waals surface area contributed by atoms with Gasteiger partial charge < -0.3 is 10.0 Å². The quantitative estimate of drug-likeness (QED) is 0.801. The third-order valence-electron chi connectivity index (χ3n) is 4.37. The van der Waals surface area contributed by atoms with Gasteiger partial charge in [0, 0.05) is 18.5 Å². The molecule has 1 aromatic rings. The van der Waals surface area contributed by atoms with Gasteiger partial charge in [0.05, 0.1) is 5.56 Å². The summed E-state index contributed by atoms with van der Waals surface area (Å²) >= 11 is 1.22. The lowest BCUT2D eigenvalue weighted by Crippen LogP contribution is -2.33. The highest BCUT2D eigenvalue weighted by Crippen LogP contribution is 2.29. The summed E-state index contributed by atoms with van der Waals surface area (Å²) in [5.41, 5.74) is 0.601. The van der Waals surface area contributed by atoms with E-state index in [0.29, 0.717) is 11.5 Å². The number of nitrogens with zero attached hydrogens (tertiary/aromatic N) is 1. The highest BCUT2D eigenvalue weighted by Gasteiger charge is 2.22. The van der Waals surface area contributed by atoms with E-state index in [9.17, 15) is 9.59 Å². The molecule has 1 fully saturated rings. The van der Waals surface area contributed by atoms with Crippen molar-refractivity contribution < 1.29 is 14.7 Å². The van der Waals surface area contributed by atoms with Crippen LogP contribution in [0, 0.1) is 5.92 Å². The minimum absolute atomic E-state index is 0.0173. The van der Waals surface area contributed by atoms with Gasteiger partial charge in [-0.1, -0.05) is 31.4 Å². The number of carbonyl (C=O) groups excluding carboxylic acids is 1. The van der Waals surface area contributed by atoms with Crippen LogP contribution in [0.2, 0.25) is 0 Å². The van der Waals surface area contributed by atoms with Gasteiger partial charge in [-0.25, -0.2) is 0 Å². The fourth-order valence-corrected chi connectivity index (χ4v) is 3.95. The number of carboxylic acids is 1. The fourth-order valence-electron chi connectivity index (χ4n) is 3.03. The second kappa shape index (κ2) is 8.39. The van der Waals surface area contributed by atoms with Crippen LogP contribution in [0.3, 0.4) is 0 Å². The van der Waals surface area contributed by atoms with Crippen molar-refractivity contribution in [2.75, 3.05) is 13.6 Å². The second-order valence-electron chi connectivity index (χ2n) is 6.28. The number of benzene rings is 1. The summed E-state index contributed by atoms with van der Waals surface area (Å²) in [7, 11) is 1.85. The van der Waals surface area contributed by atoms with Crippen LogP contribution in [0.1, 0.15) is 49.4 Å². The first-order valence-electron chi connectivity index (χ1n) is 8.23. The summed E-state index contributed by atoms with van der Waals surface area (Å²) in [6.45, 7) is 2.42. The van der Waals surface area contributed by atoms with Gasteiger partial charge in [0.1, 0.15) is 5.25 Å². The lowest BCUT2D eigenvalue weighted by molar-refractivity contribution is -0.136. The van der Waals surface area contributed by atoms with E-state index in [0.717, 1.165) is 11.4 Å². The standard InChI is InChI=1S/C18H25NO3S/c1-13(18(21)22)23-16-11-7-6-10-15(16)17(20)19(2)12-14-8-4-3-5-9-14/h6-7,10-11,13-14H,3-5,8-9,12H2,1-2H3,(H,21,22). The molecule has 1 N–H and O–H groups in total. The Morgan fingerprint density at radius 2 is 1.91 bits per heavy atom. The van der Waals surface area contributed by atoms with Gasteiger partial charge in [-0.2, -0.15) is 0 Å². The van der Waals surface area contributed by atoms with Crippen molar-refractivity contribution in [2.24, 2.45) is 5.92 Å². The maximum absolute atomic E-state index is 12.8. The molecule has 1 aliphatic carbocycles. The van der Waals surface area contributed by atoms with E-state index in [2.05, 4.69) is 0 Å². The molecule has 1 saturated carbocycles. The summed E-state index contributed by atoms with van der Waals surface area (Å²) in [6, 6.07) is 7.29. The number of aliphatic carboxylic acids is 1. The Morgan fingerprint density at radius 1 is 1.26 bits per heavy atom. The summed E-state index contributed by atoms with van der Waals surface area (Å²) in [5.74, 6) is -0.292. The van der Waals surface area contributed by atoms with Crippen LogP contribution in [0.15, 0.2) is 29.2 Å². The molecule has 126 valence electrons. The number of carbonyl (C=O) groups is 2. The van der Waals surface area contributed by atoms with Gasteiger partial charge in [-0.3, -0.25) is 9.59 Å². The van der Waals surface area contributed by atoms with Crippen molar-refractivity contribution in [3.05, 3.63) is 29.8 Å². The Labute approximate surface area is 142 Å². The van der Waals surface area contributed by atoms with E-state index in [-0.39, 0.29) is 5.91 Å². The summed E-state index contributed by atoms with van der Waals surface area (Å²) < 4.78 is 0. The van der Waals surface area contributed by atoms with E-state index in [1.54, 1.807) is 17.9 Å². The Hall–Kier alpha value is -1.49. The first-order valence-corrected chi connectivity index (χ1v) is 9.11. The third-order valence-corrected chi connectivity index (χ3v) is 5.54. The molecular formula is C18H25NO3S. The summed E-state index contributed by atoms with van der Waals surface area (Å²) in [5, 5.41) is 8.51. The fraction of sp³-hybridized carbons (Fsp3) is 0.556. The van der Waals surface area contributed by atoms with Crippen molar-refractivity contribution >= 4 is 23.6 Å². The number of rotatable bonds is 6. The Morgan fingerprint density at radius 3 is 2.57 bits per heavy atom. The molecule has 23 heavy (non-hydrogen) atoms. The van der Waals surface area contributed by atoms with Crippen LogP contribution in [0.5, 0.6) is 0 Å². The minimum Gasteiger partial charge on any atom is -0.480 e. The Balaban J connectivity index is 2.07. The zero-order valence-corrected chi connectivity index (χ0v) is 14.6. The van der Waals surface area contributed by atoms with Crippen LogP contribution < -0.4 is 0 Å². The van der Waals surface area contributed by atoms with Gasteiger partial charge in [0.2, 0.25) is 0 Å². The van der Waals surface area contributed by atoms with Gasteiger partial charge >= 0.3 is 5.97 Å². The molecule has 0 spiro atoms. The van der Waals surface area contributed by atoms with E-state index in [4.69, 9.17) is 5.11 Å². The predicted octanol–water partition coefficient (Wildman–Crippen LogP) is 3.90. The molecule has 1 atom stereocenters. The molecule has 0 bridgehead atoms. The molecule has 0 radical (unpaired) electrons. The molecule has 0 aliphatic heterocycles. The van der Waals surface area contributed by atoms with Crippen LogP contribution in [-0.4, -0.2) is 40.7 Å². The molecule has 5 heteroatoms. The predicted molar refractivity (Wildman–Crippen MR) is 92.9 cm³/mol. The molecule has 0 saturated heterocycles. The number of amides is 1. The zero-order valence-electron chi connectivity index (χ0n) is 13.8. The molecule has 1 aromatic carbocycles. The monoisotopic (exact) mass is 335 g/mol. The zero-order chi connectivity index (χ0) is 16.8. The van der Waals surface area contributed by atoms with Crippen LogP contribution in [-0.2, 0) is 4.79 Å². The molecular weight excluding hydrogens is 310 g/mol. The van der Waals surface area contributed by atoms with Crippen molar-refractivity contribution in [2.45, 2.75) is 49.2 Å². The summed E-state index contributed by atoms with van der Waals surface area (Å²) in [6.07, 6.45) is 6.22. The van der Waals surface area contributed by atoms with E-state index in [1.807, 2.05) is 25.2 Å². The van der Waals surface area contributed by atoms with E-state index < -0.39 is 11.2 Å². The highest BCUT2D eigenvalue weighted by atomic mass is 32.2.